The third-order valence-electron chi connectivity index (χ3n) is 2.71. The van der Waals surface area contributed by atoms with Crippen LogP contribution in [0.3, 0.4) is 0 Å². The third kappa shape index (κ3) is 5.02. The van der Waals surface area contributed by atoms with Crippen molar-refractivity contribution in [3.05, 3.63) is 53.4 Å². The van der Waals surface area contributed by atoms with Gasteiger partial charge in [-0.25, -0.2) is 0 Å². The average Bonchev–Trinajstić information content (AvgIpc) is 2.95. The molecule has 0 radical (unpaired) electrons. The summed E-state index contributed by atoms with van der Waals surface area (Å²) in [6.07, 6.45) is -0.602. The summed E-state index contributed by atoms with van der Waals surface area (Å²) < 4.78 is 10.5. The molecular weight excluding hydrogens is 272 g/mol. The summed E-state index contributed by atoms with van der Waals surface area (Å²) >= 11 is 0. The molecule has 1 aromatic carbocycles. The van der Waals surface area contributed by atoms with Crippen LogP contribution >= 0.6 is 0 Å². The molecule has 0 spiro atoms. The first-order valence-corrected chi connectivity index (χ1v) is 6.68. The standard InChI is InChI=1S/C15H18N2O4/c1-11(18)8-16-15(19)14-7-13(21-17-14)10-20-9-12-5-3-2-4-6-12/h2-7,11,18H,8-10H2,1H3,(H,16,19). The van der Waals surface area contributed by atoms with Crippen molar-refractivity contribution in [1.29, 1.82) is 0 Å². The Morgan fingerprint density at radius 2 is 2.14 bits per heavy atom. The van der Waals surface area contributed by atoms with Crippen LogP contribution in [-0.4, -0.2) is 28.8 Å². The smallest absolute Gasteiger partial charge is 0.273 e. The number of nitrogens with one attached hydrogen (secondary N) is 1. The lowest BCUT2D eigenvalue weighted by atomic mass is 10.2. The van der Waals surface area contributed by atoms with Gasteiger partial charge in [-0.05, 0) is 12.5 Å². The molecule has 0 bridgehead atoms. The van der Waals surface area contributed by atoms with Crippen LogP contribution in [0.25, 0.3) is 0 Å². The number of benzene rings is 1. The minimum absolute atomic E-state index is 0.172. The normalized spacial score (nSPS) is 12.1. The highest BCUT2D eigenvalue weighted by atomic mass is 16.5. The van der Waals surface area contributed by atoms with Crippen LogP contribution in [0.2, 0.25) is 0 Å². The Morgan fingerprint density at radius 3 is 2.86 bits per heavy atom. The van der Waals surface area contributed by atoms with Crippen molar-refractivity contribution in [2.24, 2.45) is 0 Å². The molecule has 0 saturated heterocycles. The number of hydrogen-bond acceptors (Lipinski definition) is 5. The quantitative estimate of drug-likeness (QED) is 0.807. The first-order chi connectivity index (χ1) is 10.1. The van der Waals surface area contributed by atoms with E-state index in [0.29, 0.717) is 12.4 Å². The summed E-state index contributed by atoms with van der Waals surface area (Å²) in [5.74, 6) is 0.0992. The first kappa shape index (κ1) is 15.2. The zero-order valence-electron chi connectivity index (χ0n) is 11.8. The molecule has 0 aliphatic heterocycles. The zero-order chi connectivity index (χ0) is 15.1. The molecule has 21 heavy (non-hydrogen) atoms. The molecule has 6 nitrogen and oxygen atoms in total. The van der Waals surface area contributed by atoms with Crippen LogP contribution in [0.15, 0.2) is 40.9 Å². The molecule has 0 aliphatic rings. The van der Waals surface area contributed by atoms with E-state index in [9.17, 15) is 4.79 Å². The summed E-state index contributed by atoms with van der Waals surface area (Å²) in [5.41, 5.74) is 1.24. The van der Waals surface area contributed by atoms with Gasteiger partial charge >= 0.3 is 0 Å². The lowest BCUT2D eigenvalue weighted by molar-refractivity contribution is 0.0874. The van der Waals surface area contributed by atoms with E-state index in [1.165, 1.54) is 6.07 Å². The fraction of sp³-hybridized carbons (Fsp3) is 0.333. The molecular formula is C15H18N2O4. The number of hydrogen-bond donors (Lipinski definition) is 2. The molecule has 1 amide bonds. The Balaban J connectivity index is 1.79. The fourth-order valence-electron chi connectivity index (χ4n) is 1.66. The second-order valence-electron chi connectivity index (χ2n) is 4.72. The number of rotatable bonds is 7. The maximum atomic E-state index is 11.7. The Bertz CT molecular complexity index is 566. The van der Waals surface area contributed by atoms with Crippen molar-refractivity contribution in [3.63, 3.8) is 0 Å². The van der Waals surface area contributed by atoms with Gasteiger partial charge in [0, 0.05) is 12.6 Å². The van der Waals surface area contributed by atoms with Crippen LogP contribution < -0.4 is 5.32 Å². The monoisotopic (exact) mass is 290 g/mol. The topological polar surface area (TPSA) is 84.6 Å². The van der Waals surface area contributed by atoms with E-state index in [2.05, 4.69) is 10.5 Å². The van der Waals surface area contributed by atoms with Gasteiger partial charge in [0.1, 0.15) is 6.61 Å². The number of aromatic nitrogens is 1. The summed E-state index contributed by atoms with van der Waals surface area (Å²) in [5, 5.41) is 15.3. The molecule has 2 rings (SSSR count). The summed E-state index contributed by atoms with van der Waals surface area (Å²) in [7, 11) is 0. The van der Waals surface area contributed by atoms with Gasteiger partial charge in [0.2, 0.25) is 0 Å². The molecule has 6 heteroatoms. The minimum atomic E-state index is -0.602. The van der Waals surface area contributed by atoms with E-state index >= 15 is 0 Å². The lowest BCUT2D eigenvalue weighted by Crippen LogP contribution is -2.30. The average molecular weight is 290 g/mol. The Hall–Kier alpha value is -2.18. The molecule has 0 saturated carbocycles. The van der Waals surface area contributed by atoms with E-state index in [0.717, 1.165) is 5.56 Å². The van der Waals surface area contributed by atoms with E-state index in [1.54, 1.807) is 6.92 Å². The number of ether oxygens (including phenoxy) is 1. The number of aliphatic hydroxyl groups is 1. The Kier molecular flexibility index (Phi) is 5.48. The number of amides is 1. The minimum Gasteiger partial charge on any atom is -0.392 e. The van der Waals surface area contributed by atoms with Crippen LogP contribution in [-0.2, 0) is 18.0 Å². The van der Waals surface area contributed by atoms with Crippen molar-refractivity contribution in [2.45, 2.75) is 26.2 Å². The first-order valence-electron chi connectivity index (χ1n) is 6.68. The number of carbonyl (C=O) groups excluding carboxylic acids is 1. The molecule has 0 aliphatic carbocycles. The van der Waals surface area contributed by atoms with Crippen LogP contribution in [0.5, 0.6) is 0 Å². The van der Waals surface area contributed by atoms with Crippen molar-refractivity contribution < 1.29 is 19.2 Å². The SMILES string of the molecule is CC(O)CNC(=O)c1cc(COCc2ccccc2)on1. The van der Waals surface area contributed by atoms with Gasteiger partial charge in [-0.2, -0.15) is 0 Å². The molecule has 112 valence electrons. The molecule has 2 N–H and O–H groups in total. The Labute approximate surface area is 122 Å². The fourth-order valence-corrected chi connectivity index (χ4v) is 1.66. The van der Waals surface area contributed by atoms with Crippen LogP contribution in [0, 0.1) is 0 Å². The predicted molar refractivity (Wildman–Crippen MR) is 75.5 cm³/mol. The summed E-state index contributed by atoms with van der Waals surface area (Å²) in [6, 6.07) is 11.3. The highest BCUT2D eigenvalue weighted by Crippen LogP contribution is 2.08. The van der Waals surface area contributed by atoms with Crippen LogP contribution in [0.4, 0.5) is 0 Å². The van der Waals surface area contributed by atoms with Gasteiger partial charge in [0.05, 0.1) is 12.7 Å². The summed E-state index contributed by atoms with van der Waals surface area (Å²) in [4.78, 5) is 11.7. The third-order valence-corrected chi connectivity index (χ3v) is 2.71. The van der Waals surface area contributed by atoms with E-state index < -0.39 is 6.10 Å². The summed E-state index contributed by atoms with van der Waals surface area (Å²) in [6.45, 7) is 2.47. The second kappa shape index (κ2) is 7.56. The van der Waals surface area contributed by atoms with Crippen LogP contribution in [0.1, 0.15) is 28.7 Å². The van der Waals surface area contributed by atoms with Crippen molar-refractivity contribution in [1.82, 2.24) is 10.5 Å². The van der Waals surface area contributed by atoms with Gasteiger partial charge in [-0.3, -0.25) is 4.79 Å². The maximum absolute atomic E-state index is 11.7. The van der Waals surface area contributed by atoms with Gasteiger partial charge in [-0.15, -0.1) is 0 Å². The van der Waals surface area contributed by atoms with Gasteiger partial charge < -0.3 is 19.7 Å². The van der Waals surface area contributed by atoms with Gasteiger partial charge in [-0.1, -0.05) is 35.5 Å². The molecule has 0 fully saturated rings. The Morgan fingerprint density at radius 1 is 1.38 bits per heavy atom. The molecule has 1 aromatic heterocycles. The molecule has 1 unspecified atom stereocenters. The van der Waals surface area contributed by atoms with E-state index in [1.807, 2.05) is 30.3 Å². The van der Waals surface area contributed by atoms with Gasteiger partial charge in [0.15, 0.2) is 11.5 Å². The number of aliphatic hydroxyl groups excluding tert-OH is 1. The van der Waals surface area contributed by atoms with Crippen molar-refractivity contribution in [3.8, 4) is 0 Å². The molecule has 2 aromatic rings. The highest BCUT2D eigenvalue weighted by molar-refractivity contribution is 5.92. The second-order valence-corrected chi connectivity index (χ2v) is 4.72. The molecule has 1 heterocycles. The lowest BCUT2D eigenvalue weighted by Gasteiger charge is -2.03. The van der Waals surface area contributed by atoms with Gasteiger partial charge in [0.25, 0.3) is 5.91 Å². The largest absolute Gasteiger partial charge is 0.392 e. The predicted octanol–water partition coefficient (Wildman–Crippen LogP) is 1.50. The maximum Gasteiger partial charge on any atom is 0.273 e. The van der Waals surface area contributed by atoms with Crippen molar-refractivity contribution in [2.75, 3.05) is 6.54 Å². The van der Waals surface area contributed by atoms with Crippen molar-refractivity contribution >= 4 is 5.91 Å². The molecule has 1 atom stereocenters. The number of nitrogens with zero attached hydrogens (tertiary/aromatic N) is 1. The highest BCUT2D eigenvalue weighted by Gasteiger charge is 2.12. The number of carbonyl (C=O) groups is 1. The van der Waals surface area contributed by atoms with E-state index in [-0.39, 0.29) is 24.8 Å². The zero-order valence-corrected chi connectivity index (χ0v) is 11.8. The van der Waals surface area contributed by atoms with E-state index in [4.69, 9.17) is 14.4 Å².